The smallest absolute Gasteiger partial charge is 0.324 e. The zero-order valence-corrected chi connectivity index (χ0v) is 20.8. The zero-order valence-electron chi connectivity index (χ0n) is 20.8. The molecule has 1 aromatic heterocycles. The van der Waals surface area contributed by atoms with Crippen LogP contribution in [-0.4, -0.2) is 53.7 Å². The van der Waals surface area contributed by atoms with Crippen LogP contribution in [0.3, 0.4) is 0 Å². The molecule has 1 amide bonds. The van der Waals surface area contributed by atoms with Gasteiger partial charge in [0.15, 0.2) is 5.82 Å². The minimum absolute atomic E-state index is 0.242. The summed E-state index contributed by atoms with van der Waals surface area (Å²) >= 11 is 0. The molecule has 0 spiro atoms. The number of benzene rings is 1. The molecule has 184 valence electrons. The van der Waals surface area contributed by atoms with E-state index in [0.29, 0.717) is 18.4 Å². The van der Waals surface area contributed by atoms with Crippen LogP contribution in [0.2, 0.25) is 0 Å². The molecule has 1 aromatic carbocycles. The van der Waals surface area contributed by atoms with Gasteiger partial charge in [-0.05, 0) is 80.0 Å². The van der Waals surface area contributed by atoms with E-state index in [1.807, 2.05) is 11.0 Å². The van der Waals surface area contributed by atoms with Crippen LogP contribution in [0.5, 0.6) is 5.75 Å². The Balaban J connectivity index is 1.02. The predicted molar refractivity (Wildman–Crippen MR) is 131 cm³/mol. The standard InChI is InChI=1S/C27H38N4O3/c1-18(2)26-28-27(34-29-26)31-12-7-20(8-13-31)24-16-22(24)9-14-33-23-6-5-21(19(3)15-23)17-25(32)30-10-4-11-30/h5-6,15,18,20,22,24H,4,7-14,16-17H2,1-3H3/t22-,24-/m1/s1. The maximum Gasteiger partial charge on any atom is 0.324 e. The van der Waals surface area contributed by atoms with Gasteiger partial charge in [0.05, 0.1) is 13.0 Å². The summed E-state index contributed by atoms with van der Waals surface area (Å²) in [5, 5.41) is 4.11. The molecular weight excluding hydrogens is 428 g/mol. The third kappa shape index (κ3) is 5.23. The van der Waals surface area contributed by atoms with Gasteiger partial charge in [-0.15, -0.1) is 0 Å². The summed E-state index contributed by atoms with van der Waals surface area (Å²) in [5.74, 6) is 4.70. The van der Waals surface area contributed by atoms with Gasteiger partial charge in [-0.1, -0.05) is 25.1 Å². The molecule has 1 saturated carbocycles. The quantitative estimate of drug-likeness (QED) is 0.538. The Morgan fingerprint density at radius 2 is 2.00 bits per heavy atom. The van der Waals surface area contributed by atoms with E-state index in [1.165, 1.54) is 19.3 Å². The van der Waals surface area contributed by atoms with Crippen LogP contribution in [0, 0.1) is 24.7 Å². The SMILES string of the molecule is Cc1cc(OCC[C@@H]2C[C@@H]2C2CCN(c3nc(C(C)C)no3)CC2)ccc1CC(=O)N1CCC1. The van der Waals surface area contributed by atoms with E-state index in [1.54, 1.807) is 0 Å². The number of rotatable bonds is 9. The minimum atomic E-state index is 0.242. The highest BCUT2D eigenvalue weighted by molar-refractivity contribution is 5.79. The maximum atomic E-state index is 12.2. The van der Waals surface area contributed by atoms with Crippen molar-refractivity contribution in [1.29, 1.82) is 0 Å². The van der Waals surface area contributed by atoms with Crippen molar-refractivity contribution in [2.24, 2.45) is 17.8 Å². The molecule has 5 rings (SSSR count). The molecule has 0 bridgehead atoms. The molecule has 3 heterocycles. The van der Waals surface area contributed by atoms with Crippen LogP contribution in [-0.2, 0) is 11.2 Å². The molecule has 2 aromatic rings. The molecule has 1 aliphatic carbocycles. The fraction of sp³-hybridized carbons (Fsp3) is 0.667. The van der Waals surface area contributed by atoms with Crippen molar-refractivity contribution in [3.8, 4) is 5.75 Å². The number of carbonyl (C=O) groups is 1. The van der Waals surface area contributed by atoms with E-state index in [0.717, 1.165) is 86.1 Å². The Labute approximate surface area is 202 Å². The molecule has 2 aliphatic heterocycles. The first-order chi connectivity index (χ1) is 16.5. The van der Waals surface area contributed by atoms with Crippen LogP contribution >= 0.6 is 0 Å². The van der Waals surface area contributed by atoms with Gasteiger partial charge >= 0.3 is 6.01 Å². The monoisotopic (exact) mass is 466 g/mol. The van der Waals surface area contributed by atoms with Crippen LogP contribution in [0.4, 0.5) is 6.01 Å². The van der Waals surface area contributed by atoms with Gasteiger partial charge in [0.1, 0.15) is 5.75 Å². The van der Waals surface area contributed by atoms with Gasteiger partial charge in [-0.2, -0.15) is 4.98 Å². The van der Waals surface area contributed by atoms with E-state index >= 15 is 0 Å². The number of hydrogen-bond donors (Lipinski definition) is 0. The molecule has 0 N–H and O–H groups in total. The molecule has 3 aliphatic rings. The first-order valence-electron chi connectivity index (χ1n) is 13.1. The molecule has 3 fully saturated rings. The number of likely N-dealkylation sites (tertiary alicyclic amines) is 1. The van der Waals surface area contributed by atoms with Crippen LogP contribution in [0.1, 0.15) is 68.8 Å². The maximum absolute atomic E-state index is 12.2. The number of carbonyl (C=O) groups excluding carboxylic acids is 1. The Hall–Kier alpha value is -2.57. The summed E-state index contributed by atoms with van der Waals surface area (Å²) in [5.41, 5.74) is 2.25. The summed E-state index contributed by atoms with van der Waals surface area (Å²) in [4.78, 5) is 21.0. The third-order valence-corrected chi connectivity index (χ3v) is 7.96. The summed E-state index contributed by atoms with van der Waals surface area (Å²) in [6, 6.07) is 6.85. The third-order valence-electron chi connectivity index (χ3n) is 7.96. The lowest BCUT2D eigenvalue weighted by atomic mass is 9.90. The van der Waals surface area contributed by atoms with E-state index in [2.05, 4.69) is 47.9 Å². The van der Waals surface area contributed by atoms with Crippen molar-refractivity contribution in [2.45, 2.75) is 65.2 Å². The Morgan fingerprint density at radius 1 is 1.21 bits per heavy atom. The van der Waals surface area contributed by atoms with Gasteiger partial charge in [-0.25, -0.2) is 0 Å². The van der Waals surface area contributed by atoms with E-state index in [4.69, 9.17) is 9.26 Å². The summed E-state index contributed by atoms with van der Waals surface area (Å²) in [6.45, 7) is 10.9. The first-order valence-corrected chi connectivity index (χ1v) is 13.1. The normalized spacial score (nSPS) is 22.7. The summed E-state index contributed by atoms with van der Waals surface area (Å²) < 4.78 is 11.6. The van der Waals surface area contributed by atoms with E-state index in [-0.39, 0.29) is 5.91 Å². The number of hydrogen-bond acceptors (Lipinski definition) is 6. The summed E-state index contributed by atoms with van der Waals surface area (Å²) in [6.07, 6.45) is 6.51. The van der Waals surface area contributed by atoms with Crippen molar-refractivity contribution in [2.75, 3.05) is 37.7 Å². The van der Waals surface area contributed by atoms with E-state index in [9.17, 15) is 4.79 Å². The molecule has 2 atom stereocenters. The number of aromatic nitrogens is 2. The van der Waals surface area contributed by atoms with Crippen LogP contribution in [0.15, 0.2) is 22.7 Å². The highest BCUT2D eigenvalue weighted by atomic mass is 16.5. The van der Waals surface area contributed by atoms with Crippen LogP contribution < -0.4 is 9.64 Å². The number of piperidine rings is 1. The number of ether oxygens (including phenoxy) is 1. The zero-order chi connectivity index (χ0) is 23.7. The number of nitrogens with zero attached hydrogens (tertiary/aromatic N) is 4. The molecule has 2 saturated heterocycles. The summed E-state index contributed by atoms with van der Waals surface area (Å²) in [7, 11) is 0. The number of anilines is 1. The van der Waals surface area contributed by atoms with Gasteiger partial charge in [0.25, 0.3) is 0 Å². The lowest BCUT2D eigenvalue weighted by Crippen LogP contribution is -2.42. The minimum Gasteiger partial charge on any atom is -0.494 e. The van der Waals surface area contributed by atoms with Crippen LogP contribution in [0.25, 0.3) is 0 Å². The molecule has 0 unspecified atom stereocenters. The second kappa shape index (κ2) is 9.96. The second-order valence-corrected chi connectivity index (χ2v) is 10.7. The molecular formula is C27H38N4O3. The average Bonchev–Trinajstić information content (AvgIpc) is 3.37. The van der Waals surface area contributed by atoms with Crippen molar-refractivity contribution in [1.82, 2.24) is 15.0 Å². The Morgan fingerprint density at radius 3 is 2.65 bits per heavy atom. The Bertz CT molecular complexity index is 992. The lowest BCUT2D eigenvalue weighted by Gasteiger charge is -2.31. The van der Waals surface area contributed by atoms with Gasteiger partial charge in [0.2, 0.25) is 5.91 Å². The predicted octanol–water partition coefficient (Wildman–Crippen LogP) is 4.60. The van der Waals surface area contributed by atoms with Gasteiger partial charge in [0, 0.05) is 32.1 Å². The van der Waals surface area contributed by atoms with Crippen molar-refractivity contribution in [3.63, 3.8) is 0 Å². The molecule has 7 heteroatoms. The second-order valence-electron chi connectivity index (χ2n) is 10.7. The molecule has 0 radical (unpaired) electrons. The van der Waals surface area contributed by atoms with Crippen molar-refractivity contribution < 1.29 is 14.1 Å². The lowest BCUT2D eigenvalue weighted by molar-refractivity contribution is -0.133. The molecule has 7 nitrogen and oxygen atoms in total. The highest BCUT2D eigenvalue weighted by Gasteiger charge is 2.43. The fourth-order valence-corrected chi connectivity index (χ4v) is 5.41. The number of amides is 1. The van der Waals surface area contributed by atoms with Crippen molar-refractivity contribution in [3.05, 3.63) is 35.2 Å². The van der Waals surface area contributed by atoms with Gasteiger partial charge < -0.3 is 19.1 Å². The highest BCUT2D eigenvalue weighted by Crippen LogP contribution is 2.50. The molecule has 34 heavy (non-hydrogen) atoms. The van der Waals surface area contributed by atoms with Crippen molar-refractivity contribution >= 4 is 11.9 Å². The fourth-order valence-electron chi connectivity index (χ4n) is 5.41. The van der Waals surface area contributed by atoms with E-state index < -0.39 is 0 Å². The topological polar surface area (TPSA) is 71.7 Å². The number of aryl methyl sites for hydroxylation is 1. The first kappa shape index (κ1) is 23.2. The van der Waals surface area contributed by atoms with Gasteiger partial charge in [-0.3, -0.25) is 4.79 Å². The Kier molecular flexibility index (Phi) is 6.79. The largest absolute Gasteiger partial charge is 0.494 e. The average molecular weight is 467 g/mol.